The molecule has 21 heavy (non-hydrogen) atoms. The Balaban J connectivity index is 1.71. The molecule has 4 rings (SSSR count). The molecule has 1 fully saturated rings. The molecule has 2 heterocycles. The molecule has 4 heteroatoms. The van der Waals surface area contributed by atoms with E-state index in [2.05, 4.69) is 41.3 Å². The Morgan fingerprint density at radius 3 is 3.19 bits per heavy atom. The standard InChI is InChI=1S/C17H22N2OS/c1-19-9-11(10-21-20-2)6-14-13-4-3-5-15-17(13)12(8-18-15)7-16(14)19/h3-5,8,11,14,16,18H,6-7,9-10H2,1-2H3. The first-order valence-corrected chi connectivity index (χ1v) is 8.63. The number of H-pyrrole nitrogens is 1. The van der Waals surface area contributed by atoms with Crippen LogP contribution >= 0.6 is 12.0 Å². The third-order valence-corrected chi connectivity index (χ3v) is 6.08. The summed E-state index contributed by atoms with van der Waals surface area (Å²) in [6.07, 6.45) is 4.68. The van der Waals surface area contributed by atoms with Crippen LogP contribution in [0.2, 0.25) is 0 Å². The molecule has 3 nitrogen and oxygen atoms in total. The lowest BCUT2D eigenvalue weighted by atomic mass is 9.73. The van der Waals surface area contributed by atoms with Gasteiger partial charge in [-0.1, -0.05) is 12.1 Å². The summed E-state index contributed by atoms with van der Waals surface area (Å²) in [6.45, 7) is 1.19. The van der Waals surface area contributed by atoms with E-state index in [4.69, 9.17) is 4.18 Å². The summed E-state index contributed by atoms with van der Waals surface area (Å²) < 4.78 is 5.21. The minimum absolute atomic E-state index is 0.655. The van der Waals surface area contributed by atoms with E-state index >= 15 is 0 Å². The molecule has 2 aliphatic rings. The van der Waals surface area contributed by atoms with Gasteiger partial charge in [-0.3, -0.25) is 0 Å². The van der Waals surface area contributed by atoms with Crippen molar-refractivity contribution in [1.29, 1.82) is 0 Å². The molecule has 112 valence electrons. The van der Waals surface area contributed by atoms with Crippen LogP contribution in [-0.2, 0) is 10.6 Å². The van der Waals surface area contributed by atoms with E-state index in [0.717, 1.165) is 11.7 Å². The number of rotatable bonds is 3. The van der Waals surface area contributed by atoms with Crippen molar-refractivity contribution in [3.05, 3.63) is 35.5 Å². The van der Waals surface area contributed by atoms with Gasteiger partial charge in [0.1, 0.15) is 0 Å². The summed E-state index contributed by atoms with van der Waals surface area (Å²) >= 11 is 1.60. The fraction of sp³-hybridized carbons (Fsp3) is 0.529. The topological polar surface area (TPSA) is 28.3 Å². The van der Waals surface area contributed by atoms with Crippen molar-refractivity contribution in [2.24, 2.45) is 5.92 Å². The van der Waals surface area contributed by atoms with Crippen LogP contribution in [0.3, 0.4) is 0 Å². The predicted molar refractivity (Wildman–Crippen MR) is 88.7 cm³/mol. The normalized spacial score (nSPS) is 28.8. The van der Waals surface area contributed by atoms with E-state index in [0.29, 0.717) is 12.0 Å². The van der Waals surface area contributed by atoms with Crippen LogP contribution in [-0.4, -0.2) is 42.4 Å². The van der Waals surface area contributed by atoms with Gasteiger partial charge in [-0.15, -0.1) is 0 Å². The molecule has 0 saturated carbocycles. The lowest BCUT2D eigenvalue weighted by Gasteiger charge is -2.45. The third-order valence-electron chi connectivity index (χ3n) is 5.23. The van der Waals surface area contributed by atoms with Crippen molar-refractivity contribution in [3.8, 4) is 0 Å². The highest BCUT2D eigenvalue weighted by Gasteiger charge is 2.39. The summed E-state index contributed by atoms with van der Waals surface area (Å²) in [5.74, 6) is 2.48. The summed E-state index contributed by atoms with van der Waals surface area (Å²) in [6, 6.07) is 7.40. The minimum Gasteiger partial charge on any atom is -0.361 e. The van der Waals surface area contributed by atoms with E-state index in [-0.39, 0.29) is 0 Å². The summed E-state index contributed by atoms with van der Waals surface area (Å²) in [5, 5.41) is 1.49. The second-order valence-electron chi connectivity index (χ2n) is 6.45. The lowest BCUT2D eigenvalue weighted by Crippen LogP contribution is -2.48. The van der Waals surface area contributed by atoms with Gasteiger partial charge >= 0.3 is 0 Å². The highest BCUT2D eigenvalue weighted by atomic mass is 32.2. The molecule has 0 radical (unpaired) electrons. The number of hydrogen-bond acceptors (Lipinski definition) is 3. The van der Waals surface area contributed by atoms with Crippen LogP contribution in [0.25, 0.3) is 10.9 Å². The first-order chi connectivity index (χ1) is 10.3. The number of likely N-dealkylation sites (tertiary alicyclic amines) is 1. The van der Waals surface area contributed by atoms with Crippen molar-refractivity contribution in [2.75, 3.05) is 26.5 Å². The number of fused-ring (bicyclic) bond motifs is 2. The zero-order chi connectivity index (χ0) is 14.4. The Morgan fingerprint density at radius 1 is 1.43 bits per heavy atom. The molecule has 1 saturated heterocycles. The molecule has 1 N–H and O–H groups in total. The van der Waals surface area contributed by atoms with Crippen molar-refractivity contribution in [1.82, 2.24) is 9.88 Å². The van der Waals surface area contributed by atoms with E-state index in [9.17, 15) is 0 Å². The van der Waals surface area contributed by atoms with Crippen molar-refractivity contribution in [3.63, 3.8) is 0 Å². The summed E-state index contributed by atoms with van der Waals surface area (Å²) in [7, 11) is 4.06. The van der Waals surface area contributed by atoms with Crippen LogP contribution < -0.4 is 0 Å². The van der Waals surface area contributed by atoms with Gasteiger partial charge in [0, 0.05) is 41.4 Å². The van der Waals surface area contributed by atoms with Crippen LogP contribution in [0.15, 0.2) is 24.4 Å². The van der Waals surface area contributed by atoms with Gasteiger partial charge in [-0.05, 0) is 55.0 Å². The van der Waals surface area contributed by atoms with Gasteiger partial charge in [0.15, 0.2) is 0 Å². The van der Waals surface area contributed by atoms with E-state index in [1.54, 1.807) is 24.7 Å². The van der Waals surface area contributed by atoms with E-state index < -0.39 is 0 Å². The molecule has 1 aromatic carbocycles. The molecule has 2 aromatic rings. The molecule has 1 aliphatic heterocycles. The SMILES string of the molecule is COSCC1CC2c3cccc4[nH]cc(c34)CC2N(C)C1. The van der Waals surface area contributed by atoms with Crippen molar-refractivity contribution in [2.45, 2.75) is 24.8 Å². The first-order valence-electron chi connectivity index (χ1n) is 7.72. The Bertz CT molecular complexity index is 653. The molecule has 0 amide bonds. The third kappa shape index (κ3) is 2.20. The van der Waals surface area contributed by atoms with E-state index in [1.165, 1.54) is 35.9 Å². The second kappa shape index (κ2) is 5.34. The largest absolute Gasteiger partial charge is 0.361 e. The number of hydrogen-bond donors (Lipinski definition) is 1. The molecule has 0 bridgehead atoms. The van der Waals surface area contributed by atoms with Gasteiger partial charge in [0.25, 0.3) is 0 Å². The molecular formula is C17H22N2OS. The van der Waals surface area contributed by atoms with Crippen LogP contribution in [0, 0.1) is 5.92 Å². The van der Waals surface area contributed by atoms with Gasteiger partial charge < -0.3 is 14.1 Å². The van der Waals surface area contributed by atoms with Gasteiger partial charge in [0.05, 0.1) is 7.11 Å². The average molecular weight is 302 g/mol. The van der Waals surface area contributed by atoms with E-state index in [1.807, 2.05) is 0 Å². The smallest absolute Gasteiger partial charge is 0.0503 e. The summed E-state index contributed by atoms with van der Waals surface area (Å²) in [5.41, 5.74) is 4.36. The number of aromatic nitrogens is 1. The maximum absolute atomic E-state index is 5.21. The van der Waals surface area contributed by atoms with Gasteiger partial charge in [-0.25, -0.2) is 0 Å². The number of nitrogens with zero attached hydrogens (tertiary/aromatic N) is 1. The number of piperidine rings is 1. The van der Waals surface area contributed by atoms with Crippen molar-refractivity contribution >= 4 is 22.9 Å². The maximum Gasteiger partial charge on any atom is 0.0503 e. The zero-order valence-electron chi connectivity index (χ0n) is 12.6. The molecule has 3 atom stereocenters. The van der Waals surface area contributed by atoms with Crippen molar-refractivity contribution < 1.29 is 4.18 Å². The van der Waals surface area contributed by atoms with Gasteiger partial charge in [0.2, 0.25) is 0 Å². The number of aromatic amines is 1. The number of benzene rings is 1. The highest BCUT2D eigenvalue weighted by molar-refractivity contribution is 7.94. The lowest BCUT2D eigenvalue weighted by molar-refractivity contribution is 0.121. The zero-order valence-corrected chi connectivity index (χ0v) is 13.5. The fourth-order valence-electron chi connectivity index (χ4n) is 4.34. The Morgan fingerprint density at radius 2 is 2.33 bits per heavy atom. The second-order valence-corrected chi connectivity index (χ2v) is 7.36. The Kier molecular flexibility index (Phi) is 3.48. The highest BCUT2D eigenvalue weighted by Crippen LogP contribution is 2.44. The predicted octanol–water partition coefficient (Wildman–Crippen LogP) is 3.42. The Hall–Kier alpha value is -0.970. The van der Waals surface area contributed by atoms with Crippen LogP contribution in [0.1, 0.15) is 23.5 Å². The first kappa shape index (κ1) is 13.7. The molecule has 0 spiro atoms. The van der Waals surface area contributed by atoms with Gasteiger partial charge in [-0.2, -0.15) is 0 Å². The quantitative estimate of drug-likeness (QED) is 0.881. The molecule has 1 aliphatic carbocycles. The molecule has 1 aromatic heterocycles. The monoisotopic (exact) mass is 302 g/mol. The average Bonchev–Trinajstić information content (AvgIpc) is 2.91. The Labute approximate surface area is 130 Å². The maximum atomic E-state index is 5.21. The summed E-state index contributed by atoms with van der Waals surface area (Å²) in [4.78, 5) is 6.02. The van der Waals surface area contributed by atoms with Crippen LogP contribution in [0.5, 0.6) is 0 Å². The molecule has 3 unspecified atom stereocenters. The molecular weight excluding hydrogens is 280 g/mol. The number of likely N-dealkylation sites (N-methyl/N-ethyl adjacent to an activating group) is 1. The number of nitrogens with one attached hydrogen (secondary N) is 1. The fourth-order valence-corrected chi connectivity index (χ4v) is 4.91. The van der Waals surface area contributed by atoms with Crippen LogP contribution in [0.4, 0.5) is 0 Å². The minimum atomic E-state index is 0.655.